The number of carbonyl (C=O) groups is 1. The second-order valence-corrected chi connectivity index (χ2v) is 8.94. The van der Waals surface area contributed by atoms with Crippen LogP contribution in [0.25, 0.3) is 39.5 Å². The average molecular weight is 497 g/mol. The van der Waals surface area contributed by atoms with Crippen molar-refractivity contribution in [1.82, 2.24) is 19.5 Å². The predicted octanol–water partition coefficient (Wildman–Crippen LogP) is 5.42. The van der Waals surface area contributed by atoms with E-state index in [1.807, 2.05) is 102 Å². The Morgan fingerprint density at radius 1 is 0.789 bits per heavy atom. The number of carbonyl (C=O) groups excluding carboxylic acids is 1. The van der Waals surface area contributed by atoms with Crippen molar-refractivity contribution in [3.63, 3.8) is 0 Å². The molecular formula is C31H24N6O. The SMILES string of the molecule is NC(=O)c1cccc(-n2c(-c3cccnc3N)nc3ccc(-c4ccccc4)nc32)c1Cc1ccccc1. The van der Waals surface area contributed by atoms with Gasteiger partial charge < -0.3 is 11.5 Å². The second kappa shape index (κ2) is 9.63. The minimum atomic E-state index is -0.498. The average Bonchev–Trinajstić information content (AvgIpc) is 3.32. The molecule has 0 bridgehead atoms. The lowest BCUT2D eigenvalue weighted by atomic mass is 9.97. The number of nitrogens with two attached hydrogens (primary N) is 2. The van der Waals surface area contributed by atoms with E-state index in [4.69, 9.17) is 21.4 Å². The molecule has 0 spiro atoms. The number of amides is 1. The first-order valence-corrected chi connectivity index (χ1v) is 12.2. The number of pyridine rings is 2. The third-order valence-electron chi connectivity index (χ3n) is 6.53. The highest BCUT2D eigenvalue weighted by Crippen LogP contribution is 2.34. The van der Waals surface area contributed by atoms with Crippen molar-refractivity contribution >= 4 is 22.9 Å². The Morgan fingerprint density at radius 2 is 1.55 bits per heavy atom. The van der Waals surface area contributed by atoms with E-state index >= 15 is 0 Å². The first-order valence-electron chi connectivity index (χ1n) is 12.2. The molecule has 0 aliphatic rings. The molecule has 3 heterocycles. The van der Waals surface area contributed by atoms with Crippen molar-refractivity contribution in [2.45, 2.75) is 6.42 Å². The zero-order valence-electron chi connectivity index (χ0n) is 20.5. The van der Waals surface area contributed by atoms with Crippen molar-refractivity contribution in [1.29, 1.82) is 0 Å². The maximum absolute atomic E-state index is 12.6. The number of anilines is 1. The lowest BCUT2D eigenvalue weighted by Crippen LogP contribution is -2.16. The van der Waals surface area contributed by atoms with Crippen molar-refractivity contribution in [2.75, 3.05) is 5.73 Å². The Kier molecular flexibility index (Phi) is 5.86. The number of imidazole rings is 1. The van der Waals surface area contributed by atoms with Gasteiger partial charge in [0, 0.05) is 23.7 Å². The summed E-state index contributed by atoms with van der Waals surface area (Å²) in [6.07, 6.45) is 2.14. The number of aromatic nitrogens is 4. The Labute approximate surface area is 219 Å². The normalized spacial score (nSPS) is 11.1. The van der Waals surface area contributed by atoms with E-state index < -0.39 is 5.91 Å². The molecule has 0 saturated heterocycles. The van der Waals surface area contributed by atoms with Crippen molar-refractivity contribution < 1.29 is 4.79 Å². The number of rotatable bonds is 6. The van der Waals surface area contributed by atoms with E-state index in [0.29, 0.717) is 40.4 Å². The molecule has 6 aromatic rings. The van der Waals surface area contributed by atoms with Crippen LogP contribution < -0.4 is 11.5 Å². The number of primary amides is 1. The Bertz CT molecular complexity index is 1780. The number of nitrogen functional groups attached to an aromatic ring is 1. The van der Waals surface area contributed by atoms with Crippen LogP contribution in [-0.2, 0) is 6.42 Å². The van der Waals surface area contributed by atoms with E-state index in [-0.39, 0.29) is 0 Å². The monoisotopic (exact) mass is 496 g/mol. The Morgan fingerprint density at radius 3 is 2.29 bits per heavy atom. The van der Waals surface area contributed by atoms with Crippen LogP contribution >= 0.6 is 0 Å². The molecule has 184 valence electrons. The summed E-state index contributed by atoms with van der Waals surface area (Å²) in [4.78, 5) is 26.9. The highest BCUT2D eigenvalue weighted by atomic mass is 16.1. The van der Waals surface area contributed by atoms with Crippen LogP contribution in [0.15, 0.2) is 109 Å². The Balaban J connectivity index is 1.68. The van der Waals surface area contributed by atoms with E-state index in [0.717, 1.165) is 28.1 Å². The smallest absolute Gasteiger partial charge is 0.249 e. The lowest BCUT2D eigenvalue weighted by molar-refractivity contribution is 0.0999. The number of hydrogen-bond donors (Lipinski definition) is 2. The number of fused-ring (bicyclic) bond motifs is 1. The molecular weight excluding hydrogens is 472 g/mol. The summed E-state index contributed by atoms with van der Waals surface area (Å²) in [5, 5.41) is 0. The zero-order chi connectivity index (χ0) is 26.1. The fourth-order valence-electron chi connectivity index (χ4n) is 4.74. The summed E-state index contributed by atoms with van der Waals surface area (Å²) in [7, 11) is 0. The third-order valence-corrected chi connectivity index (χ3v) is 6.53. The van der Waals surface area contributed by atoms with Gasteiger partial charge in [-0.05, 0) is 47.5 Å². The zero-order valence-corrected chi connectivity index (χ0v) is 20.5. The number of nitrogens with zero attached hydrogens (tertiary/aromatic N) is 4. The molecule has 0 radical (unpaired) electrons. The third kappa shape index (κ3) is 4.16. The van der Waals surface area contributed by atoms with E-state index in [2.05, 4.69) is 4.98 Å². The molecule has 0 unspecified atom stereocenters. The van der Waals surface area contributed by atoms with Crippen LogP contribution in [0.1, 0.15) is 21.5 Å². The highest BCUT2D eigenvalue weighted by molar-refractivity contribution is 5.96. The highest BCUT2D eigenvalue weighted by Gasteiger charge is 2.23. The number of hydrogen-bond acceptors (Lipinski definition) is 5. The van der Waals surface area contributed by atoms with Gasteiger partial charge in [0.2, 0.25) is 5.91 Å². The second-order valence-electron chi connectivity index (χ2n) is 8.94. The van der Waals surface area contributed by atoms with Crippen LogP contribution in [0, 0.1) is 0 Å². The van der Waals surface area contributed by atoms with Gasteiger partial charge in [-0.1, -0.05) is 66.7 Å². The van der Waals surface area contributed by atoms with Gasteiger partial charge in [-0.15, -0.1) is 0 Å². The van der Waals surface area contributed by atoms with Gasteiger partial charge in [-0.2, -0.15) is 0 Å². The van der Waals surface area contributed by atoms with Crippen LogP contribution in [0.5, 0.6) is 0 Å². The van der Waals surface area contributed by atoms with Crippen LogP contribution in [0.2, 0.25) is 0 Å². The van der Waals surface area contributed by atoms with E-state index in [1.54, 1.807) is 12.3 Å². The van der Waals surface area contributed by atoms with Crippen molar-refractivity contribution in [3.8, 4) is 28.3 Å². The summed E-state index contributed by atoms with van der Waals surface area (Å²) in [6.45, 7) is 0. The minimum Gasteiger partial charge on any atom is -0.383 e. The Hall–Kier alpha value is -5.30. The fourth-order valence-corrected chi connectivity index (χ4v) is 4.74. The first-order chi connectivity index (χ1) is 18.6. The van der Waals surface area contributed by atoms with E-state index in [1.165, 1.54) is 0 Å². The molecule has 4 N–H and O–H groups in total. The van der Waals surface area contributed by atoms with Gasteiger partial charge in [0.05, 0.1) is 16.9 Å². The fraction of sp³-hybridized carbons (Fsp3) is 0.0323. The molecule has 38 heavy (non-hydrogen) atoms. The number of benzene rings is 3. The van der Waals surface area contributed by atoms with Crippen molar-refractivity contribution in [3.05, 3.63) is 126 Å². The molecule has 3 aromatic heterocycles. The van der Waals surface area contributed by atoms with Crippen LogP contribution in [-0.4, -0.2) is 25.4 Å². The molecule has 0 aliphatic heterocycles. The molecule has 1 amide bonds. The molecule has 7 heteroatoms. The topological polar surface area (TPSA) is 113 Å². The molecule has 0 saturated carbocycles. The minimum absolute atomic E-state index is 0.350. The maximum atomic E-state index is 12.6. The maximum Gasteiger partial charge on any atom is 0.249 e. The van der Waals surface area contributed by atoms with E-state index in [9.17, 15) is 4.79 Å². The summed E-state index contributed by atoms with van der Waals surface area (Å²) in [5.74, 6) is 0.435. The molecule has 0 fully saturated rings. The van der Waals surface area contributed by atoms with Gasteiger partial charge >= 0.3 is 0 Å². The molecule has 7 nitrogen and oxygen atoms in total. The van der Waals surface area contributed by atoms with Gasteiger partial charge in [-0.25, -0.2) is 15.0 Å². The van der Waals surface area contributed by atoms with Gasteiger partial charge in [-0.3, -0.25) is 9.36 Å². The predicted molar refractivity (Wildman–Crippen MR) is 150 cm³/mol. The largest absolute Gasteiger partial charge is 0.383 e. The summed E-state index contributed by atoms with van der Waals surface area (Å²) in [6, 6.07) is 33.1. The molecule has 6 rings (SSSR count). The molecule has 0 aliphatic carbocycles. The summed E-state index contributed by atoms with van der Waals surface area (Å²) in [5.41, 5.74) is 19.0. The first kappa shape index (κ1) is 23.1. The van der Waals surface area contributed by atoms with Crippen molar-refractivity contribution in [2.24, 2.45) is 5.73 Å². The van der Waals surface area contributed by atoms with Crippen LogP contribution in [0.3, 0.4) is 0 Å². The van der Waals surface area contributed by atoms with Gasteiger partial charge in [0.15, 0.2) is 11.5 Å². The quantitative estimate of drug-likeness (QED) is 0.320. The molecule has 0 atom stereocenters. The lowest BCUT2D eigenvalue weighted by Gasteiger charge is -2.17. The molecule has 3 aromatic carbocycles. The van der Waals surface area contributed by atoms with Gasteiger partial charge in [0.1, 0.15) is 11.3 Å². The van der Waals surface area contributed by atoms with Crippen LogP contribution in [0.4, 0.5) is 5.82 Å². The standard InChI is InChI=1S/C31H24N6O/c32-28-23(14-8-18-34-28)30-36-26-17-16-25(21-11-5-2-6-12-21)35-31(26)37(30)27-15-7-13-22(29(33)38)24(27)19-20-9-3-1-4-10-20/h1-18H,19H2,(H2,32,34)(H2,33,38). The van der Waals surface area contributed by atoms with Gasteiger partial charge in [0.25, 0.3) is 0 Å². The summed E-state index contributed by atoms with van der Waals surface area (Å²) >= 11 is 0. The summed E-state index contributed by atoms with van der Waals surface area (Å²) < 4.78 is 1.96.